The van der Waals surface area contributed by atoms with Crippen LogP contribution in [0.4, 0.5) is 34.1 Å². The van der Waals surface area contributed by atoms with Crippen molar-refractivity contribution in [3.63, 3.8) is 0 Å². The summed E-state index contributed by atoms with van der Waals surface area (Å²) in [5, 5.41) is 16.5. The molecule has 0 saturated heterocycles. The molecule has 0 fully saturated rings. The Labute approximate surface area is 422 Å². The fraction of sp³-hybridized carbons (Fsp3) is 0.0152. The number of allylic oxidation sites excluding steroid dienone is 1. The van der Waals surface area contributed by atoms with Gasteiger partial charge in [-0.3, -0.25) is 0 Å². The first-order valence-corrected chi connectivity index (χ1v) is 24.0. The van der Waals surface area contributed by atoms with Gasteiger partial charge in [-0.2, -0.15) is 0 Å². The normalized spacial score (nSPS) is 14.8. The SMILES string of the molecule is O=C(O)C1(C(=Cc2ccccc2)N(c2ccccc2)c2ccccc2)C=C(C(=Cc2ccccc2)N(c2ccccc2)c2ccccc2)C=C(C(=Cc2ccccc2)N(c2ccccc2)c2ccccc2)N1. The van der Waals surface area contributed by atoms with E-state index in [9.17, 15) is 5.11 Å². The van der Waals surface area contributed by atoms with Crippen molar-refractivity contribution in [2.45, 2.75) is 5.54 Å². The van der Waals surface area contributed by atoms with Crippen LogP contribution < -0.4 is 20.0 Å². The van der Waals surface area contributed by atoms with Crippen molar-refractivity contribution < 1.29 is 9.90 Å². The summed E-state index contributed by atoms with van der Waals surface area (Å²) in [5.41, 5.74) is 8.96. The summed E-state index contributed by atoms with van der Waals surface area (Å²) in [6.07, 6.45) is 10.3. The smallest absolute Gasteiger partial charge is 0.339 e. The second-order valence-corrected chi connectivity index (χ2v) is 17.2. The molecule has 0 spiro atoms. The van der Waals surface area contributed by atoms with Gasteiger partial charge in [0.15, 0.2) is 5.54 Å². The zero-order chi connectivity index (χ0) is 49.0. The Bertz CT molecular complexity index is 3250. The van der Waals surface area contributed by atoms with E-state index < -0.39 is 11.5 Å². The van der Waals surface area contributed by atoms with Crippen LogP contribution >= 0.6 is 0 Å². The minimum atomic E-state index is -1.98. The van der Waals surface area contributed by atoms with Gasteiger partial charge in [0.25, 0.3) is 0 Å². The maximum Gasteiger partial charge on any atom is 0.339 e. The molecule has 0 aromatic heterocycles. The molecule has 0 aliphatic carbocycles. The Balaban J connectivity index is 1.35. The molecule has 1 aliphatic rings. The third-order valence-electron chi connectivity index (χ3n) is 12.4. The molecule has 2 N–H and O–H groups in total. The number of carbonyl (C=O) groups is 1. The molecule has 348 valence electrons. The first kappa shape index (κ1) is 46.1. The van der Waals surface area contributed by atoms with Crippen LogP contribution in [0.15, 0.2) is 313 Å². The van der Waals surface area contributed by atoms with Crippen molar-refractivity contribution in [1.29, 1.82) is 0 Å². The van der Waals surface area contributed by atoms with Gasteiger partial charge >= 0.3 is 5.97 Å². The van der Waals surface area contributed by atoms with Crippen molar-refractivity contribution in [3.8, 4) is 0 Å². The van der Waals surface area contributed by atoms with Crippen LogP contribution in [0.25, 0.3) is 18.2 Å². The minimum Gasteiger partial charge on any atom is -0.479 e. The molecule has 1 heterocycles. The number of nitrogens with zero attached hydrogens (tertiary/aromatic N) is 3. The largest absolute Gasteiger partial charge is 0.479 e. The monoisotopic (exact) mass is 932 g/mol. The molecule has 10 rings (SSSR count). The maximum absolute atomic E-state index is 15.5. The number of para-hydroxylation sites is 6. The third-order valence-corrected chi connectivity index (χ3v) is 12.4. The predicted octanol–water partition coefficient (Wildman–Crippen LogP) is 15.9. The lowest BCUT2D eigenvalue weighted by Crippen LogP contribution is -2.57. The van der Waals surface area contributed by atoms with Crippen molar-refractivity contribution in [1.82, 2.24) is 5.32 Å². The van der Waals surface area contributed by atoms with E-state index in [4.69, 9.17) is 0 Å². The molecule has 0 saturated carbocycles. The van der Waals surface area contributed by atoms with Crippen molar-refractivity contribution in [3.05, 3.63) is 330 Å². The second-order valence-electron chi connectivity index (χ2n) is 17.2. The van der Waals surface area contributed by atoms with E-state index in [1.807, 2.05) is 212 Å². The summed E-state index contributed by atoms with van der Waals surface area (Å²) in [5.74, 6) is -1.11. The topological polar surface area (TPSA) is 59.1 Å². The highest BCUT2D eigenvalue weighted by atomic mass is 16.4. The number of hydrogen-bond acceptors (Lipinski definition) is 5. The molecule has 0 bridgehead atoms. The van der Waals surface area contributed by atoms with Crippen LogP contribution in [0.5, 0.6) is 0 Å². The van der Waals surface area contributed by atoms with E-state index in [1.165, 1.54) is 0 Å². The third kappa shape index (κ3) is 10.2. The molecule has 6 heteroatoms. The van der Waals surface area contributed by atoms with Crippen molar-refractivity contribution in [2.75, 3.05) is 14.7 Å². The van der Waals surface area contributed by atoms with Crippen LogP contribution in [0.1, 0.15) is 16.7 Å². The Hall–Kier alpha value is -9.65. The maximum atomic E-state index is 15.5. The highest BCUT2D eigenvalue weighted by Crippen LogP contribution is 2.45. The average molecular weight is 933 g/mol. The zero-order valence-corrected chi connectivity index (χ0v) is 39.6. The van der Waals surface area contributed by atoms with Crippen LogP contribution in [0, 0.1) is 0 Å². The minimum absolute atomic E-state index is 0.455. The molecule has 0 amide bonds. The zero-order valence-electron chi connectivity index (χ0n) is 39.6. The molecular weight excluding hydrogens is 881 g/mol. The Morgan fingerprint density at radius 1 is 0.361 bits per heavy atom. The van der Waals surface area contributed by atoms with Gasteiger partial charge in [-0.15, -0.1) is 0 Å². The average Bonchev–Trinajstić information content (AvgIpc) is 3.45. The second kappa shape index (κ2) is 21.8. The Morgan fingerprint density at radius 3 is 0.972 bits per heavy atom. The fourth-order valence-electron chi connectivity index (χ4n) is 9.12. The van der Waals surface area contributed by atoms with Gasteiger partial charge in [0.1, 0.15) is 0 Å². The molecular formula is C66H52N4O2. The number of rotatable bonds is 16. The Kier molecular flexibility index (Phi) is 13.9. The van der Waals surface area contributed by atoms with E-state index >= 15 is 4.79 Å². The lowest BCUT2D eigenvalue weighted by Gasteiger charge is -2.43. The van der Waals surface area contributed by atoms with E-state index in [2.05, 4.69) is 111 Å². The van der Waals surface area contributed by atoms with E-state index in [0.717, 1.165) is 56.5 Å². The fourth-order valence-corrected chi connectivity index (χ4v) is 9.12. The number of carboxylic acids is 1. The van der Waals surface area contributed by atoms with Crippen LogP contribution in [-0.2, 0) is 4.79 Å². The number of nitrogens with one attached hydrogen (secondary N) is 1. The number of benzene rings is 9. The van der Waals surface area contributed by atoms with Gasteiger partial charge in [0.05, 0.1) is 22.8 Å². The molecule has 9 aromatic rings. The summed E-state index contributed by atoms with van der Waals surface area (Å²) >= 11 is 0. The quantitative estimate of drug-likeness (QED) is 0.101. The number of dihydropyridines is 1. The van der Waals surface area contributed by atoms with Crippen molar-refractivity contribution in [2.24, 2.45) is 0 Å². The first-order chi connectivity index (χ1) is 35.5. The van der Waals surface area contributed by atoms with Gasteiger partial charge in [-0.05, 0) is 125 Å². The van der Waals surface area contributed by atoms with Gasteiger partial charge in [-0.1, -0.05) is 200 Å². The highest BCUT2D eigenvalue weighted by molar-refractivity contribution is 5.95. The highest BCUT2D eigenvalue weighted by Gasteiger charge is 2.48. The van der Waals surface area contributed by atoms with E-state index in [0.29, 0.717) is 22.7 Å². The van der Waals surface area contributed by atoms with Gasteiger partial charge in [0.2, 0.25) is 0 Å². The summed E-state index contributed by atoms with van der Waals surface area (Å²) in [6.45, 7) is 0. The molecule has 0 radical (unpaired) electrons. The lowest BCUT2D eigenvalue weighted by molar-refractivity contribution is -0.141. The number of hydrogen-bond donors (Lipinski definition) is 2. The summed E-state index contributed by atoms with van der Waals surface area (Å²) in [6, 6.07) is 91.2. The van der Waals surface area contributed by atoms with Crippen LogP contribution in [0.3, 0.4) is 0 Å². The molecule has 1 unspecified atom stereocenters. The molecule has 1 atom stereocenters. The number of aliphatic carboxylic acids is 1. The first-order valence-electron chi connectivity index (χ1n) is 24.0. The molecule has 6 nitrogen and oxygen atoms in total. The van der Waals surface area contributed by atoms with Crippen molar-refractivity contribution >= 4 is 58.3 Å². The predicted molar refractivity (Wildman–Crippen MR) is 298 cm³/mol. The van der Waals surface area contributed by atoms with Gasteiger partial charge in [0, 0.05) is 34.1 Å². The Morgan fingerprint density at radius 2 is 0.639 bits per heavy atom. The number of carboxylic acid groups (broad SMARTS) is 1. The summed E-state index contributed by atoms with van der Waals surface area (Å²) in [4.78, 5) is 21.9. The van der Waals surface area contributed by atoms with Gasteiger partial charge < -0.3 is 25.1 Å². The molecule has 9 aromatic carbocycles. The molecule has 72 heavy (non-hydrogen) atoms. The van der Waals surface area contributed by atoms with Crippen LogP contribution in [0.2, 0.25) is 0 Å². The lowest BCUT2D eigenvalue weighted by atomic mass is 9.84. The van der Waals surface area contributed by atoms with E-state index in [1.54, 1.807) is 0 Å². The summed E-state index contributed by atoms with van der Waals surface area (Å²) in [7, 11) is 0. The van der Waals surface area contributed by atoms with Crippen LogP contribution in [-0.4, -0.2) is 16.6 Å². The van der Waals surface area contributed by atoms with E-state index in [-0.39, 0.29) is 0 Å². The number of anilines is 6. The molecule has 1 aliphatic heterocycles. The summed E-state index contributed by atoms with van der Waals surface area (Å²) < 4.78 is 0. The standard InChI is InChI=1S/C66H52N4O2/c71-65(72)66(64(48-53-32-14-3-15-33-53)70(59-42-24-8-25-43-59)60-44-26-9-27-45-60)50-54(62(46-51-28-10-1-11-29-51)68(55-34-16-4-17-35-55)56-36-18-5-19-37-56)49-61(67-66)63(47-52-30-12-2-13-31-52)69(57-38-20-6-21-39-57)58-40-22-7-23-41-58/h1-50,67H,(H,71,72). The van der Waals surface area contributed by atoms with Gasteiger partial charge in [-0.25, -0.2) is 4.79 Å².